The van der Waals surface area contributed by atoms with Crippen LogP contribution in [0.4, 0.5) is 5.69 Å². The van der Waals surface area contributed by atoms with Gasteiger partial charge in [0.1, 0.15) is 0 Å². The molecule has 0 radical (unpaired) electrons. The predicted molar refractivity (Wildman–Crippen MR) is 121 cm³/mol. The van der Waals surface area contributed by atoms with Gasteiger partial charge in [-0.25, -0.2) is 0 Å². The monoisotopic (exact) mass is 496 g/mol. The van der Waals surface area contributed by atoms with Gasteiger partial charge in [0.05, 0.1) is 0 Å². The average molecular weight is 496 g/mol. The van der Waals surface area contributed by atoms with E-state index in [9.17, 15) is 4.79 Å². The lowest BCUT2D eigenvalue weighted by atomic mass is 10.1. The van der Waals surface area contributed by atoms with Gasteiger partial charge in [0, 0.05) is 32.7 Å². The first kappa shape index (κ1) is 21.8. The van der Waals surface area contributed by atoms with Crippen molar-refractivity contribution in [1.29, 1.82) is 0 Å². The molecule has 1 heterocycles. The SMILES string of the molecule is CN=C(NCCc1ccc2c(c1)OCO2)NCc1cccc(NC(C)=O)c1.I. The van der Waals surface area contributed by atoms with Crippen LogP contribution in [0.3, 0.4) is 0 Å². The maximum absolute atomic E-state index is 11.2. The van der Waals surface area contributed by atoms with Crippen LogP contribution in [0, 0.1) is 0 Å². The van der Waals surface area contributed by atoms with Gasteiger partial charge < -0.3 is 25.4 Å². The molecule has 1 amide bonds. The molecule has 2 aromatic carbocycles. The molecule has 3 rings (SSSR count). The van der Waals surface area contributed by atoms with Crippen molar-refractivity contribution >= 4 is 41.5 Å². The highest BCUT2D eigenvalue weighted by molar-refractivity contribution is 14.0. The first-order chi connectivity index (χ1) is 13.1. The van der Waals surface area contributed by atoms with E-state index < -0.39 is 0 Å². The molecule has 0 saturated carbocycles. The molecule has 7 nitrogen and oxygen atoms in total. The van der Waals surface area contributed by atoms with Crippen molar-refractivity contribution in [2.24, 2.45) is 4.99 Å². The summed E-state index contributed by atoms with van der Waals surface area (Å²) in [6, 6.07) is 13.7. The van der Waals surface area contributed by atoms with E-state index in [4.69, 9.17) is 9.47 Å². The van der Waals surface area contributed by atoms with Crippen molar-refractivity contribution in [3.63, 3.8) is 0 Å². The number of halogens is 1. The lowest BCUT2D eigenvalue weighted by molar-refractivity contribution is -0.114. The van der Waals surface area contributed by atoms with Gasteiger partial charge in [-0.15, -0.1) is 24.0 Å². The number of ether oxygens (including phenoxy) is 2. The number of amides is 1. The van der Waals surface area contributed by atoms with Gasteiger partial charge in [-0.2, -0.15) is 0 Å². The Morgan fingerprint density at radius 1 is 1.07 bits per heavy atom. The Bertz CT molecular complexity index is 842. The van der Waals surface area contributed by atoms with E-state index >= 15 is 0 Å². The topological polar surface area (TPSA) is 84.0 Å². The van der Waals surface area contributed by atoms with Gasteiger partial charge in [0.25, 0.3) is 0 Å². The fourth-order valence-electron chi connectivity index (χ4n) is 2.79. The molecule has 0 saturated heterocycles. The summed E-state index contributed by atoms with van der Waals surface area (Å²) in [4.78, 5) is 15.4. The third-order valence-corrected chi connectivity index (χ3v) is 4.07. The van der Waals surface area contributed by atoms with E-state index in [1.165, 1.54) is 12.5 Å². The molecule has 0 atom stereocenters. The zero-order valence-corrected chi connectivity index (χ0v) is 18.3. The fraction of sp³-hybridized carbons (Fsp3) is 0.300. The molecule has 28 heavy (non-hydrogen) atoms. The lowest BCUT2D eigenvalue weighted by Crippen LogP contribution is -2.37. The van der Waals surface area contributed by atoms with Crippen LogP contribution in [0.25, 0.3) is 0 Å². The molecule has 1 aliphatic heterocycles. The summed E-state index contributed by atoms with van der Waals surface area (Å²) < 4.78 is 10.7. The number of aliphatic imine (C=N–C) groups is 1. The summed E-state index contributed by atoms with van der Waals surface area (Å²) in [5, 5.41) is 9.36. The summed E-state index contributed by atoms with van der Waals surface area (Å²) >= 11 is 0. The number of guanidine groups is 1. The number of hydrogen-bond acceptors (Lipinski definition) is 4. The Hall–Kier alpha value is -2.49. The van der Waals surface area contributed by atoms with Gasteiger partial charge in [-0.3, -0.25) is 9.79 Å². The summed E-state index contributed by atoms with van der Waals surface area (Å²) in [5.74, 6) is 2.24. The molecule has 1 aliphatic rings. The van der Waals surface area contributed by atoms with Gasteiger partial charge in [-0.1, -0.05) is 18.2 Å². The van der Waals surface area contributed by atoms with Crippen molar-refractivity contribution < 1.29 is 14.3 Å². The normalized spacial score (nSPS) is 12.1. The van der Waals surface area contributed by atoms with E-state index in [0.29, 0.717) is 6.54 Å². The smallest absolute Gasteiger partial charge is 0.231 e. The number of hydrogen-bond donors (Lipinski definition) is 3. The Kier molecular flexibility index (Phi) is 8.37. The van der Waals surface area contributed by atoms with Crippen LogP contribution in [-0.4, -0.2) is 32.3 Å². The maximum Gasteiger partial charge on any atom is 0.231 e. The Labute approximate surface area is 181 Å². The molecule has 0 aliphatic carbocycles. The number of fused-ring (bicyclic) bond motifs is 1. The fourth-order valence-corrected chi connectivity index (χ4v) is 2.79. The summed E-state index contributed by atoms with van der Waals surface area (Å²) in [6.07, 6.45) is 0.843. The van der Waals surface area contributed by atoms with Crippen LogP contribution in [0.1, 0.15) is 18.1 Å². The minimum absolute atomic E-state index is 0. The molecule has 0 unspecified atom stereocenters. The van der Waals surface area contributed by atoms with Crippen molar-refractivity contribution in [3.8, 4) is 11.5 Å². The third kappa shape index (κ3) is 6.29. The Morgan fingerprint density at radius 3 is 2.68 bits per heavy atom. The number of carbonyl (C=O) groups excluding carboxylic acids is 1. The van der Waals surface area contributed by atoms with E-state index in [1.54, 1.807) is 7.05 Å². The van der Waals surface area contributed by atoms with Crippen LogP contribution in [-0.2, 0) is 17.8 Å². The molecular formula is C20H25IN4O3. The average Bonchev–Trinajstić information content (AvgIpc) is 3.12. The molecule has 3 N–H and O–H groups in total. The number of benzene rings is 2. The second-order valence-electron chi connectivity index (χ2n) is 6.17. The molecule has 0 fully saturated rings. The number of rotatable bonds is 6. The molecular weight excluding hydrogens is 471 g/mol. The van der Waals surface area contributed by atoms with Crippen molar-refractivity contribution in [2.75, 3.05) is 25.7 Å². The number of nitrogens with zero attached hydrogens (tertiary/aromatic N) is 1. The van der Waals surface area contributed by atoms with E-state index in [1.807, 2.05) is 42.5 Å². The zero-order chi connectivity index (χ0) is 19.1. The number of anilines is 1. The van der Waals surface area contributed by atoms with E-state index in [0.717, 1.165) is 41.7 Å². The van der Waals surface area contributed by atoms with Gasteiger partial charge in [0.15, 0.2) is 17.5 Å². The highest BCUT2D eigenvalue weighted by Gasteiger charge is 2.12. The Morgan fingerprint density at radius 2 is 1.89 bits per heavy atom. The second kappa shape index (κ2) is 10.7. The molecule has 0 spiro atoms. The van der Waals surface area contributed by atoms with Crippen LogP contribution in [0.2, 0.25) is 0 Å². The molecule has 2 aromatic rings. The third-order valence-electron chi connectivity index (χ3n) is 4.07. The molecule has 0 bridgehead atoms. The van der Waals surface area contributed by atoms with Crippen molar-refractivity contribution in [1.82, 2.24) is 10.6 Å². The summed E-state index contributed by atoms with van der Waals surface area (Å²) in [6.45, 7) is 3.13. The molecule has 8 heteroatoms. The van der Waals surface area contributed by atoms with Gasteiger partial charge in [0.2, 0.25) is 12.7 Å². The minimum Gasteiger partial charge on any atom is -0.454 e. The van der Waals surface area contributed by atoms with Crippen LogP contribution in [0.5, 0.6) is 11.5 Å². The maximum atomic E-state index is 11.2. The van der Waals surface area contributed by atoms with Crippen LogP contribution < -0.4 is 25.4 Å². The standard InChI is InChI=1S/C20H24N4O3.HI/c1-14(25)24-17-5-3-4-16(10-17)12-23-20(21-2)22-9-8-15-6-7-18-19(11-15)27-13-26-18;/h3-7,10-11H,8-9,12-13H2,1-2H3,(H,24,25)(H2,21,22,23);1H. The highest BCUT2D eigenvalue weighted by Crippen LogP contribution is 2.32. The largest absolute Gasteiger partial charge is 0.454 e. The minimum atomic E-state index is -0.0823. The highest BCUT2D eigenvalue weighted by atomic mass is 127. The lowest BCUT2D eigenvalue weighted by Gasteiger charge is -2.13. The quantitative estimate of drug-likeness (QED) is 0.326. The summed E-state index contributed by atoms with van der Waals surface area (Å²) in [5.41, 5.74) is 3.01. The van der Waals surface area contributed by atoms with E-state index in [2.05, 4.69) is 20.9 Å². The molecule has 0 aromatic heterocycles. The van der Waals surface area contributed by atoms with E-state index in [-0.39, 0.29) is 36.7 Å². The molecule has 150 valence electrons. The Balaban J connectivity index is 0.00000280. The predicted octanol–water partition coefficient (Wildman–Crippen LogP) is 2.90. The second-order valence-corrected chi connectivity index (χ2v) is 6.17. The van der Waals surface area contributed by atoms with Crippen LogP contribution in [0.15, 0.2) is 47.5 Å². The summed E-state index contributed by atoms with van der Waals surface area (Å²) in [7, 11) is 1.74. The first-order valence-electron chi connectivity index (χ1n) is 8.83. The number of carbonyl (C=O) groups is 1. The van der Waals surface area contributed by atoms with Crippen molar-refractivity contribution in [2.45, 2.75) is 19.9 Å². The van der Waals surface area contributed by atoms with Crippen LogP contribution >= 0.6 is 24.0 Å². The zero-order valence-electron chi connectivity index (χ0n) is 16.0. The van der Waals surface area contributed by atoms with Gasteiger partial charge >= 0.3 is 0 Å². The van der Waals surface area contributed by atoms with Gasteiger partial charge in [-0.05, 0) is 41.8 Å². The van der Waals surface area contributed by atoms with Crippen molar-refractivity contribution in [3.05, 3.63) is 53.6 Å². The first-order valence-corrected chi connectivity index (χ1v) is 8.83. The number of nitrogens with one attached hydrogen (secondary N) is 3.